The van der Waals surface area contributed by atoms with Gasteiger partial charge in [-0.25, -0.2) is 10.0 Å². The molecule has 36 heavy (non-hydrogen) atoms. The third-order valence-electron chi connectivity index (χ3n) is 6.30. The fourth-order valence-corrected chi connectivity index (χ4v) is 4.43. The van der Waals surface area contributed by atoms with E-state index in [4.69, 9.17) is 4.74 Å². The predicted octanol–water partition coefficient (Wildman–Crippen LogP) is 4.09. The van der Waals surface area contributed by atoms with Gasteiger partial charge in [-0.3, -0.25) is 14.7 Å². The van der Waals surface area contributed by atoms with Gasteiger partial charge in [0.15, 0.2) is 0 Å². The van der Waals surface area contributed by atoms with E-state index in [1.165, 1.54) is 12.1 Å². The summed E-state index contributed by atoms with van der Waals surface area (Å²) in [6, 6.07) is 11.7. The number of hydrogen-bond donors (Lipinski definition) is 1. The van der Waals surface area contributed by atoms with Crippen LogP contribution < -0.4 is 5.32 Å². The fourth-order valence-electron chi connectivity index (χ4n) is 4.43. The molecule has 1 amide bonds. The zero-order valence-corrected chi connectivity index (χ0v) is 19.5. The molecule has 0 bridgehead atoms. The van der Waals surface area contributed by atoms with Gasteiger partial charge in [-0.15, -0.1) is 0 Å². The molecule has 0 spiro atoms. The highest BCUT2D eigenvalue weighted by molar-refractivity contribution is 6.04. The smallest absolute Gasteiger partial charge is 0.379 e. The Bertz CT molecular complexity index is 1220. The van der Waals surface area contributed by atoms with Crippen molar-refractivity contribution in [1.29, 1.82) is 0 Å². The maximum absolute atomic E-state index is 13.0. The van der Waals surface area contributed by atoms with Crippen molar-refractivity contribution in [3.63, 3.8) is 0 Å². The van der Waals surface area contributed by atoms with E-state index < -0.39 is 17.6 Å². The van der Waals surface area contributed by atoms with Gasteiger partial charge in [0.1, 0.15) is 5.82 Å². The fraction of sp³-hybridized carbons (Fsp3) is 0.308. The number of hydrazine groups is 1. The zero-order valence-electron chi connectivity index (χ0n) is 19.5. The largest absolute Gasteiger partial charge is 0.416 e. The number of morpholine rings is 1. The van der Waals surface area contributed by atoms with Gasteiger partial charge in [0.2, 0.25) is 0 Å². The Morgan fingerprint density at radius 2 is 1.86 bits per heavy atom. The molecule has 188 valence electrons. The van der Waals surface area contributed by atoms with E-state index in [9.17, 15) is 18.0 Å². The number of alkyl halides is 3. The van der Waals surface area contributed by atoms with Crippen LogP contribution in [0.1, 0.15) is 21.5 Å². The molecule has 3 heterocycles. The number of ether oxygens (including phenoxy) is 1. The van der Waals surface area contributed by atoms with Gasteiger partial charge in [0, 0.05) is 55.8 Å². The van der Waals surface area contributed by atoms with Gasteiger partial charge < -0.3 is 10.1 Å². The number of halogens is 3. The second-order valence-corrected chi connectivity index (χ2v) is 8.68. The third-order valence-corrected chi connectivity index (χ3v) is 6.30. The first-order valence-corrected chi connectivity index (χ1v) is 11.8. The summed E-state index contributed by atoms with van der Waals surface area (Å²) in [6.45, 7) is 5.80. The summed E-state index contributed by atoms with van der Waals surface area (Å²) >= 11 is 0. The number of carbonyl (C=O) groups is 1. The molecule has 0 aliphatic carbocycles. The van der Waals surface area contributed by atoms with Crippen LogP contribution in [-0.4, -0.2) is 73.0 Å². The number of hydrogen-bond acceptors (Lipinski definition) is 6. The Labute approximate surface area is 207 Å². The first-order valence-electron chi connectivity index (χ1n) is 11.8. The lowest BCUT2D eigenvalue weighted by Crippen LogP contribution is -2.45. The highest BCUT2D eigenvalue weighted by Crippen LogP contribution is 2.33. The molecule has 0 unspecified atom stereocenters. The van der Waals surface area contributed by atoms with Gasteiger partial charge in [-0.1, -0.05) is 18.2 Å². The Morgan fingerprint density at radius 3 is 2.67 bits per heavy atom. The van der Waals surface area contributed by atoms with Crippen molar-refractivity contribution < 1.29 is 22.7 Å². The molecule has 1 fully saturated rings. The monoisotopic (exact) mass is 497 g/mol. The molecule has 0 aromatic heterocycles. The van der Waals surface area contributed by atoms with Crippen LogP contribution in [0, 0.1) is 0 Å². The van der Waals surface area contributed by atoms with E-state index in [0.29, 0.717) is 5.69 Å². The number of aliphatic imine (C=N–C) groups is 1. The van der Waals surface area contributed by atoms with E-state index in [1.807, 2.05) is 18.2 Å². The maximum atomic E-state index is 13.0. The molecule has 3 aliphatic rings. The molecule has 0 saturated carbocycles. The molecule has 0 radical (unpaired) electrons. The summed E-state index contributed by atoms with van der Waals surface area (Å²) in [5.74, 6) is 0.235. The lowest BCUT2D eigenvalue weighted by Gasteiger charge is -2.36. The van der Waals surface area contributed by atoms with Crippen LogP contribution in [0.15, 0.2) is 71.5 Å². The quantitative estimate of drug-likeness (QED) is 0.652. The van der Waals surface area contributed by atoms with E-state index in [-0.39, 0.29) is 5.56 Å². The second kappa shape index (κ2) is 10.3. The Morgan fingerprint density at radius 1 is 1.06 bits per heavy atom. The molecule has 5 rings (SSSR count). The summed E-state index contributed by atoms with van der Waals surface area (Å²) in [5.41, 5.74) is 1.33. The van der Waals surface area contributed by atoms with Crippen molar-refractivity contribution in [2.75, 3.05) is 51.3 Å². The number of amides is 1. The van der Waals surface area contributed by atoms with Crippen molar-refractivity contribution >= 4 is 23.5 Å². The maximum Gasteiger partial charge on any atom is 0.416 e. The summed E-state index contributed by atoms with van der Waals surface area (Å²) in [5, 5.41) is 7.02. The molecule has 1 N–H and O–H groups in total. The molecule has 1 saturated heterocycles. The lowest BCUT2D eigenvalue weighted by atomic mass is 10.1. The molecule has 7 nitrogen and oxygen atoms in total. The highest BCUT2D eigenvalue weighted by Gasteiger charge is 2.31. The van der Waals surface area contributed by atoms with Crippen LogP contribution in [0.5, 0.6) is 0 Å². The molecule has 0 atom stereocenters. The number of fused-ring (bicyclic) bond motifs is 1. The molecular formula is C26H26F3N5O2. The third kappa shape index (κ3) is 5.35. The first-order chi connectivity index (χ1) is 17.4. The van der Waals surface area contributed by atoms with Gasteiger partial charge in [0.05, 0.1) is 24.5 Å². The first kappa shape index (κ1) is 24.2. The number of anilines is 1. The molecule has 10 heteroatoms. The van der Waals surface area contributed by atoms with Crippen LogP contribution in [0.3, 0.4) is 0 Å². The number of carbonyl (C=O) groups excluding carboxylic acids is 1. The minimum Gasteiger partial charge on any atom is -0.379 e. The average Bonchev–Trinajstić information content (AvgIpc) is 3.31. The van der Waals surface area contributed by atoms with Crippen LogP contribution in [0.4, 0.5) is 18.9 Å². The van der Waals surface area contributed by atoms with E-state index >= 15 is 0 Å². The van der Waals surface area contributed by atoms with E-state index in [0.717, 1.165) is 75.2 Å². The zero-order chi connectivity index (χ0) is 25.1. The predicted molar refractivity (Wildman–Crippen MR) is 131 cm³/mol. The second-order valence-electron chi connectivity index (χ2n) is 8.68. The lowest BCUT2D eigenvalue weighted by molar-refractivity contribution is -0.137. The van der Waals surface area contributed by atoms with Crippen LogP contribution in [0.25, 0.3) is 5.70 Å². The van der Waals surface area contributed by atoms with Crippen molar-refractivity contribution in [2.45, 2.75) is 6.18 Å². The van der Waals surface area contributed by atoms with Crippen LogP contribution >= 0.6 is 0 Å². The summed E-state index contributed by atoms with van der Waals surface area (Å²) in [6.07, 6.45) is 1.22. The Hall–Kier alpha value is -3.47. The van der Waals surface area contributed by atoms with Gasteiger partial charge >= 0.3 is 6.18 Å². The van der Waals surface area contributed by atoms with Gasteiger partial charge in [0.25, 0.3) is 5.91 Å². The van der Waals surface area contributed by atoms with Crippen molar-refractivity contribution in [1.82, 2.24) is 14.9 Å². The van der Waals surface area contributed by atoms with Crippen molar-refractivity contribution in [2.24, 2.45) is 4.99 Å². The Kier molecular flexibility index (Phi) is 6.90. The number of nitrogens with zero attached hydrogens (tertiary/aromatic N) is 4. The standard InChI is InChI=1S/C26H26F3N5O2/c27-26(28,29)21-5-1-4-20(17-21)25(35)31-22-6-2-3-19(18-22)23-7-9-30-24-8-10-33(34(23)24)12-11-32-13-15-36-16-14-32/h1-9,17-18H,10-16H2,(H,31,35). The number of benzene rings is 2. The molecular weight excluding hydrogens is 471 g/mol. The topological polar surface area (TPSA) is 60.4 Å². The average molecular weight is 498 g/mol. The van der Waals surface area contributed by atoms with Crippen LogP contribution in [-0.2, 0) is 10.9 Å². The van der Waals surface area contributed by atoms with E-state index in [2.05, 4.69) is 31.3 Å². The summed E-state index contributed by atoms with van der Waals surface area (Å²) in [4.78, 5) is 19.6. The highest BCUT2D eigenvalue weighted by atomic mass is 19.4. The minimum atomic E-state index is -4.51. The van der Waals surface area contributed by atoms with Gasteiger partial charge in [-0.05, 0) is 42.5 Å². The molecule has 2 aromatic carbocycles. The number of nitrogens with one attached hydrogen (secondary N) is 1. The SMILES string of the molecule is O=C(Nc1cccc(C2=CC=NC3=CCN(CCN4CCOCC4)N32)c1)c1cccc(C(F)(F)F)c1. The summed E-state index contributed by atoms with van der Waals surface area (Å²) in [7, 11) is 0. The van der Waals surface area contributed by atoms with Crippen LogP contribution in [0.2, 0.25) is 0 Å². The normalized spacial score (nSPS) is 18.6. The molecule has 2 aromatic rings. The minimum absolute atomic E-state index is 0.0571. The van der Waals surface area contributed by atoms with E-state index in [1.54, 1.807) is 18.3 Å². The van der Waals surface area contributed by atoms with Gasteiger partial charge in [-0.2, -0.15) is 13.2 Å². The van der Waals surface area contributed by atoms with Crippen molar-refractivity contribution in [3.05, 3.63) is 83.2 Å². The van der Waals surface area contributed by atoms with Crippen molar-refractivity contribution in [3.8, 4) is 0 Å². The molecule has 3 aliphatic heterocycles. The number of rotatable bonds is 6. The number of allylic oxidation sites excluding steroid dienone is 1. The Balaban J connectivity index is 1.31. The summed E-state index contributed by atoms with van der Waals surface area (Å²) < 4.78 is 44.6.